The number of nitro groups is 1. The van der Waals surface area contributed by atoms with Crippen molar-refractivity contribution in [3.63, 3.8) is 0 Å². The van der Waals surface area contributed by atoms with Gasteiger partial charge in [-0.3, -0.25) is 10.1 Å². The van der Waals surface area contributed by atoms with Crippen molar-refractivity contribution in [2.24, 2.45) is 0 Å². The molecule has 1 N–H and O–H groups in total. The van der Waals surface area contributed by atoms with Crippen molar-refractivity contribution in [3.8, 4) is 0 Å². The molecule has 0 aliphatic carbocycles. The smallest absolute Gasteiger partial charge is 0.269 e. The number of para-hydroxylation sites is 1. The van der Waals surface area contributed by atoms with Crippen LogP contribution in [0.3, 0.4) is 0 Å². The summed E-state index contributed by atoms with van der Waals surface area (Å²) in [5.74, 6) is 0. The largest absolute Gasteiger partial charge is 0.379 e. The van der Waals surface area contributed by atoms with Crippen molar-refractivity contribution in [1.82, 2.24) is 0 Å². The monoisotopic (exact) mass is 305 g/mol. The van der Waals surface area contributed by atoms with Gasteiger partial charge < -0.3 is 10.2 Å². The van der Waals surface area contributed by atoms with Gasteiger partial charge >= 0.3 is 0 Å². The molecule has 0 heterocycles. The van der Waals surface area contributed by atoms with Gasteiger partial charge in [0.15, 0.2) is 0 Å². The topological polar surface area (TPSA) is 58.4 Å². The summed E-state index contributed by atoms with van der Waals surface area (Å²) < 4.78 is 0. The number of nitro benzene ring substituents is 1. The van der Waals surface area contributed by atoms with Crippen molar-refractivity contribution in [2.45, 2.75) is 6.54 Å². The summed E-state index contributed by atoms with van der Waals surface area (Å²) in [7, 11) is 3.83. The van der Waals surface area contributed by atoms with Crippen LogP contribution in [-0.2, 0) is 6.54 Å². The van der Waals surface area contributed by atoms with Crippen molar-refractivity contribution >= 4 is 28.7 Å². The van der Waals surface area contributed by atoms with E-state index in [2.05, 4.69) is 5.32 Å². The second kappa shape index (κ2) is 6.45. The number of rotatable bonds is 5. The average molecular weight is 306 g/mol. The Kier molecular flexibility index (Phi) is 4.65. The van der Waals surface area contributed by atoms with E-state index >= 15 is 0 Å². The van der Waals surface area contributed by atoms with E-state index in [4.69, 9.17) is 11.6 Å². The number of non-ortho nitro benzene ring substituents is 1. The van der Waals surface area contributed by atoms with E-state index < -0.39 is 4.92 Å². The van der Waals surface area contributed by atoms with Crippen LogP contribution < -0.4 is 10.2 Å². The summed E-state index contributed by atoms with van der Waals surface area (Å²) in [5.41, 5.74) is 2.71. The molecule has 0 aliphatic heterocycles. The number of nitrogens with zero attached hydrogens (tertiary/aromatic N) is 2. The Hall–Kier alpha value is -2.27. The minimum absolute atomic E-state index is 0.0910. The third kappa shape index (κ3) is 3.64. The van der Waals surface area contributed by atoms with Crippen molar-refractivity contribution in [3.05, 3.63) is 63.2 Å². The highest BCUT2D eigenvalue weighted by Crippen LogP contribution is 2.32. The van der Waals surface area contributed by atoms with E-state index in [9.17, 15) is 10.1 Å². The van der Waals surface area contributed by atoms with Gasteiger partial charge in [-0.05, 0) is 17.7 Å². The lowest BCUT2D eigenvalue weighted by atomic mass is 10.2. The van der Waals surface area contributed by atoms with Gasteiger partial charge in [-0.1, -0.05) is 29.8 Å². The van der Waals surface area contributed by atoms with Gasteiger partial charge in [0.05, 0.1) is 21.3 Å². The molecule has 2 aromatic rings. The Labute approximate surface area is 128 Å². The second-order valence-electron chi connectivity index (χ2n) is 4.81. The molecule has 0 atom stereocenters. The highest BCUT2D eigenvalue weighted by atomic mass is 35.5. The quantitative estimate of drug-likeness (QED) is 0.672. The fraction of sp³-hybridized carbons (Fsp3) is 0.200. The molecule has 0 saturated carbocycles. The van der Waals surface area contributed by atoms with Crippen LogP contribution in [0.15, 0.2) is 42.5 Å². The first-order valence-electron chi connectivity index (χ1n) is 6.42. The van der Waals surface area contributed by atoms with Gasteiger partial charge in [-0.15, -0.1) is 0 Å². The van der Waals surface area contributed by atoms with E-state index in [0.29, 0.717) is 11.6 Å². The predicted octanol–water partition coefficient (Wildman–Crippen LogP) is 3.93. The van der Waals surface area contributed by atoms with Gasteiger partial charge in [-0.2, -0.15) is 0 Å². The molecule has 5 nitrogen and oxygen atoms in total. The molecular weight excluding hydrogens is 290 g/mol. The summed E-state index contributed by atoms with van der Waals surface area (Å²) in [5, 5.41) is 14.7. The minimum Gasteiger partial charge on any atom is -0.379 e. The molecule has 6 heteroatoms. The molecule has 0 bridgehead atoms. The first-order chi connectivity index (χ1) is 9.99. The van der Waals surface area contributed by atoms with Gasteiger partial charge in [0.25, 0.3) is 5.69 Å². The van der Waals surface area contributed by atoms with Crippen LogP contribution in [0.2, 0.25) is 5.02 Å². The van der Waals surface area contributed by atoms with Crippen molar-refractivity contribution in [1.29, 1.82) is 0 Å². The van der Waals surface area contributed by atoms with Gasteiger partial charge in [0.1, 0.15) is 0 Å². The Morgan fingerprint density at radius 3 is 2.62 bits per heavy atom. The lowest BCUT2D eigenvalue weighted by Crippen LogP contribution is -2.12. The number of hydrogen-bond acceptors (Lipinski definition) is 4. The lowest BCUT2D eigenvalue weighted by Gasteiger charge is -2.20. The van der Waals surface area contributed by atoms with Crippen LogP contribution in [0.5, 0.6) is 0 Å². The fourth-order valence-electron chi connectivity index (χ4n) is 2.09. The third-order valence-corrected chi connectivity index (χ3v) is 3.34. The Bertz CT molecular complexity index is 659. The Balaban J connectivity index is 2.19. The van der Waals surface area contributed by atoms with E-state index in [-0.39, 0.29) is 5.69 Å². The zero-order valence-electron chi connectivity index (χ0n) is 11.8. The van der Waals surface area contributed by atoms with Crippen LogP contribution in [0.4, 0.5) is 17.1 Å². The number of anilines is 2. The summed E-state index contributed by atoms with van der Waals surface area (Å²) in [4.78, 5) is 12.3. The maximum Gasteiger partial charge on any atom is 0.269 e. The van der Waals surface area contributed by atoms with Gasteiger partial charge in [-0.25, -0.2) is 0 Å². The summed E-state index contributed by atoms with van der Waals surface area (Å²) >= 11 is 6.20. The average Bonchev–Trinajstić information content (AvgIpc) is 2.45. The Morgan fingerprint density at radius 2 is 1.95 bits per heavy atom. The summed E-state index contributed by atoms with van der Waals surface area (Å²) in [6.45, 7) is 0.489. The molecule has 0 unspecified atom stereocenters. The lowest BCUT2D eigenvalue weighted by molar-refractivity contribution is -0.384. The number of halogens is 1. The van der Waals surface area contributed by atoms with Crippen LogP contribution in [0, 0.1) is 10.1 Å². The zero-order valence-corrected chi connectivity index (χ0v) is 12.6. The van der Waals surface area contributed by atoms with E-state index in [0.717, 1.165) is 16.9 Å². The number of nitrogens with one attached hydrogen (secondary N) is 1. The molecule has 0 aromatic heterocycles. The normalized spacial score (nSPS) is 10.2. The zero-order chi connectivity index (χ0) is 15.4. The standard InChI is InChI=1S/C15H16ClN3O2/c1-18(2)15-13(16)7-4-8-14(15)17-10-11-5-3-6-12(9-11)19(20)21/h3-9,17H,10H2,1-2H3. The van der Waals surface area contributed by atoms with Gasteiger partial charge in [0.2, 0.25) is 0 Å². The molecule has 2 rings (SSSR count). The molecule has 0 aliphatic rings. The summed E-state index contributed by atoms with van der Waals surface area (Å²) in [6, 6.07) is 12.2. The minimum atomic E-state index is -0.395. The summed E-state index contributed by atoms with van der Waals surface area (Å²) in [6.07, 6.45) is 0. The van der Waals surface area contributed by atoms with E-state index in [1.165, 1.54) is 6.07 Å². The van der Waals surface area contributed by atoms with Crippen molar-refractivity contribution < 1.29 is 4.92 Å². The molecule has 0 radical (unpaired) electrons. The van der Waals surface area contributed by atoms with Crippen molar-refractivity contribution in [2.75, 3.05) is 24.3 Å². The molecule has 0 amide bonds. The first-order valence-corrected chi connectivity index (χ1v) is 6.80. The maximum absolute atomic E-state index is 10.8. The highest BCUT2D eigenvalue weighted by molar-refractivity contribution is 6.34. The molecule has 0 saturated heterocycles. The number of hydrogen-bond donors (Lipinski definition) is 1. The van der Waals surface area contributed by atoms with E-state index in [1.54, 1.807) is 12.1 Å². The first kappa shape index (κ1) is 15.1. The second-order valence-corrected chi connectivity index (χ2v) is 5.22. The predicted molar refractivity (Wildman–Crippen MR) is 86.2 cm³/mol. The molecule has 2 aromatic carbocycles. The third-order valence-electron chi connectivity index (χ3n) is 3.04. The van der Waals surface area contributed by atoms with Gasteiger partial charge in [0, 0.05) is 32.8 Å². The van der Waals surface area contributed by atoms with Crippen LogP contribution in [-0.4, -0.2) is 19.0 Å². The van der Waals surface area contributed by atoms with Crippen LogP contribution in [0.1, 0.15) is 5.56 Å². The highest BCUT2D eigenvalue weighted by Gasteiger charge is 2.10. The molecule has 0 fully saturated rings. The molecule has 0 spiro atoms. The van der Waals surface area contributed by atoms with E-state index in [1.807, 2.05) is 43.3 Å². The fourth-order valence-corrected chi connectivity index (χ4v) is 2.43. The SMILES string of the molecule is CN(C)c1c(Cl)cccc1NCc1cccc([N+](=O)[O-])c1. The molecule has 110 valence electrons. The maximum atomic E-state index is 10.8. The number of benzene rings is 2. The Morgan fingerprint density at radius 1 is 1.24 bits per heavy atom. The van der Waals surface area contributed by atoms with Crippen LogP contribution >= 0.6 is 11.6 Å². The molecular formula is C15H16ClN3O2. The molecule has 21 heavy (non-hydrogen) atoms. The van der Waals surface area contributed by atoms with Crippen LogP contribution in [0.25, 0.3) is 0 Å².